The molecule has 0 radical (unpaired) electrons. The van der Waals surface area contributed by atoms with Gasteiger partial charge in [-0.2, -0.15) is 5.26 Å². The molecule has 3 aromatic rings. The summed E-state index contributed by atoms with van der Waals surface area (Å²) in [6.07, 6.45) is 0. The van der Waals surface area contributed by atoms with E-state index in [-0.39, 0.29) is 39.3 Å². The van der Waals surface area contributed by atoms with Gasteiger partial charge in [0.15, 0.2) is 5.65 Å². The van der Waals surface area contributed by atoms with E-state index in [0.717, 1.165) is 15.2 Å². The van der Waals surface area contributed by atoms with Crippen molar-refractivity contribution in [3.8, 4) is 22.9 Å². The number of nitriles is 1. The van der Waals surface area contributed by atoms with Crippen molar-refractivity contribution in [3.63, 3.8) is 0 Å². The fourth-order valence-electron chi connectivity index (χ4n) is 2.86. The number of nitrogen functional groups attached to an aromatic ring is 1. The van der Waals surface area contributed by atoms with Crippen molar-refractivity contribution in [3.05, 3.63) is 50.4 Å². The normalized spacial score (nSPS) is 10.7. The first-order chi connectivity index (χ1) is 12.3. The molecular formula is C17H14FN5O3. The van der Waals surface area contributed by atoms with Gasteiger partial charge in [-0.25, -0.2) is 14.2 Å². The highest BCUT2D eigenvalue weighted by atomic mass is 19.1. The summed E-state index contributed by atoms with van der Waals surface area (Å²) in [6.45, 7) is 0. The molecule has 2 aromatic heterocycles. The molecule has 0 bridgehead atoms. The molecule has 26 heavy (non-hydrogen) atoms. The predicted molar refractivity (Wildman–Crippen MR) is 93.3 cm³/mol. The van der Waals surface area contributed by atoms with Crippen LogP contribution in [0.5, 0.6) is 5.75 Å². The molecule has 2 heterocycles. The standard InChI is InChI=1S/C17H14FN5O3/c1-22-15-13(16(24)23(2)17(22)25)12(10(7-19)14(20)21-15)9-6-8(18)4-5-11(9)26-3/h4-6H,1-3H3,(H2,20,21). The van der Waals surface area contributed by atoms with Crippen molar-refractivity contribution in [1.82, 2.24) is 14.1 Å². The van der Waals surface area contributed by atoms with Gasteiger partial charge in [0.25, 0.3) is 5.56 Å². The predicted octanol–water partition coefficient (Wildman–Crippen LogP) is 0.901. The minimum atomic E-state index is -0.673. The molecule has 9 heteroatoms. The molecule has 2 N–H and O–H groups in total. The number of fused-ring (bicyclic) bond motifs is 1. The van der Waals surface area contributed by atoms with E-state index in [2.05, 4.69) is 4.98 Å². The maximum Gasteiger partial charge on any atom is 0.332 e. The number of hydrogen-bond donors (Lipinski definition) is 1. The minimum Gasteiger partial charge on any atom is -0.496 e. The zero-order chi connectivity index (χ0) is 19.2. The Bertz CT molecular complexity index is 1220. The largest absolute Gasteiger partial charge is 0.496 e. The van der Waals surface area contributed by atoms with Gasteiger partial charge in [-0.1, -0.05) is 0 Å². The Morgan fingerprint density at radius 2 is 1.96 bits per heavy atom. The quantitative estimate of drug-likeness (QED) is 0.730. The first kappa shape index (κ1) is 17.2. The Morgan fingerprint density at radius 1 is 1.27 bits per heavy atom. The first-order valence-electron chi connectivity index (χ1n) is 7.45. The van der Waals surface area contributed by atoms with Crippen LogP contribution >= 0.6 is 0 Å². The first-order valence-corrected chi connectivity index (χ1v) is 7.45. The Morgan fingerprint density at radius 3 is 2.58 bits per heavy atom. The molecule has 0 aliphatic heterocycles. The van der Waals surface area contributed by atoms with Crippen molar-refractivity contribution in [2.75, 3.05) is 12.8 Å². The number of rotatable bonds is 2. The van der Waals surface area contributed by atoms with Crippen LogP contribution in [0.2, 0.25) is 0 Å². The van der Waals surface area contributed by atoms with E-state index in [1.165, 1.54) is 33.3 Å². The van der Waals surface area contributed by atoms with Crippen LogP contribution in [0.25, 0.3) is 22.2 Å². The van der Waals surface area contributed by atoms with E-state index >= 15 is 0 Å². The van der Waals surface area contributed by atoms with Gasteiger partial charge in [0.2, 0.25) is 0 Å². The molecule has 0 aliphatic rings. The number of benzene rings is 1. The average Bonchev–Trinajstić information content (AvgIpc) is 2.63. The second-order valence-corrected chi connectivity index (χ2v) is 5.61. The van der Waals surface area contributed by atoms with Crippen molar-refractivity contribution in [1.29, 1.82) is 5.26 Å². The molecule has 132 valence electrons. The van der Waals surface area contributed by atoms with E-state index in [1.54, 1.807) is 0 Å². The van der Waals surface area contributed by atoms with Gasteiger partial charge in [-0.3, -0.25) is 13.9 Å². The molecule has 0 saturated carbocycles. The van der Waals surface area contributed by atoms with Crippen molar-refractivity contribution in [2.45, 2.75) is 0 Å². The lowest BCUT2D eigenvalue weighted by atomic mass is 9.97. The fraction of sp³-hybridized carbons (Fsp3) is 0.176. The van der Waals surface area contributed by atoms with Crippen molar-refractivity contribution < 1.29 is 9.13 Å². The summed E-state index contributed by atoms with van der Waals surface area (Å²) in [5.41, 5.74) is 4.74. The van der Waals surface area contributed by atoms with Gasteiger partial charge in [0, 0.05) is 25.2 Å². The SMILES string of the molecule is COc1ccc(F)cc1-c1c(C#N)c(N)nc2c1c(=O)n(C)c(=O)n2C. The van der Waals surface area contributed by atoms with Gasteiger partial charge in [-0.15, -0.1) is 0 Å². The second-order valence-electron chi connectivity index (χ2n) is 5.61. The number of nitrogens with zero attached hydrogens (tertiary/aromatic N) is 4. The minimum absolute atomic E-state index is 0.00378. The molecule has 0 atom stereocenters. The molecule has 1 aromatic carbocycles. The van der Waals surface area contributed by atoms with Gasteiger partial charge in [0.05, 0.1) is 12.5 Å². The van der Waals surface area contributed by atoms with E-state index in [9.17, 15) is 19.2 Å². The fourth-order valence-corrected chi connectivity index (χ4v) is 2.86. The molecule has 0 unspecified atom stereocenters. The number of hydrogen-bond acceptors (Lipinski definition) is 6. The van der Waals surface area contributed by atoms with Crippen LogP contribution in [0.4, 0.5) is 10.2 Å². The zero-order valence-corrected chi connectivity index (χ0v) is 14.2. The summed E-state index contributed by atoms with van der Waals surface area (Å²) in [5.74, 6) is -0.523. The van der Waals surface area contributed by atoms with E-state index < -0.39 is 17.1 Å². The number of nitrogens with two attached hydrogens (primary N) is 1. The second kappa shape index (κ2) is 6.00. The topological polar surface area (TPSA) is 116 Å². The summed E-state index contributed by atoms with van der Waals surface area (Å²) in [6, 6.07) is 5.61. The van der Waals surface area contributed by atoms with Gasteiger partial charge >= 0.3 is 5.69 Å². The third-order valence-electron chi connectivity index (χ3n) is 4.16. The van der Waals surface area contributed by atoms with Crippen LogP contribution in [0.15, 0.2) is 27.8 Å². The molecule has 0 spiro atoms. The lowest BCUT2D eigenvalue weighted by Gasteiger charge is -2.15. The van der Waals surface area contributed by atoms with Gasteiger partial charge in [-0.05, 0) is 18.2 Å². The highest BCUT2D eigenvalue weighted by Gasteiger charge is 2.23. The summed E-state index contributed by atoms with van der Waals surface area (Å²) in [7, 11) is 4.11. The smallest absolute Gasteiger partial charge is 0.332 e. The van der Waals surface area contributed by atoms with Crippen LogP contribution < -0.4 is 21.7 Å². The van der Waals surface area contributed by atoms with Crippen molar-refractivity contribution >= 4 is 16.9 Å². The molecule has 0 amide bonds. The van der Waals surface area contributed by atoms with E-state index in [0.29, 0.717) is 0 Å². The monoisotopic (exact) mass is 355 g/mol. The Hall–Kier alpha value is -3.67. The van der Waals surface area contributed by atoms with Gasteiger partial charge in [0.1, 0.15) is 29.0 Å². The third kappa shape index (κ3) is 2.31. The van der Waals surface area contributed by atoms with Crippen molar-refractivity contribution in [2.24, 2.45) is 14.1 Å². The van der Waals surface area contributed by atoms with Gasteiger partial charge < -0.3 is 10.5 Å². The summed E-state index contributed by atoms with van der Waals surface area (Å²) in [5, 5.41) is 9.53. The number of halogens is 1. The Labute approximate surface area is 146 Å². The number of anilines is 1. The number of aromatic nitrogens is 3. The summed E-state index contributed by atoms with van der Waals surface area (Å²) >= 11 is 0. The highest BCUT2D eigenvalue weighted by Crippen LogP contribution is 2.37. The van der Waals surface area contributed by atoms with Crippen LogP contribution in [-0.4, -0.2) is 21.2 Å². The number of aryl methyl sites for hydroxylation is 1. The van der Waals surface area contributed by atoms with Crippen LogP contribution in [-0.2, 0) is 14.1 Å². The summed E-state index contributed by atoms with van der Waals surface area (Å²) < 4.78 is 21.2. The Balaban J connectivity index is 2.70. The number of methoxy groups -OCH3 is 1. The lowest BCUT2D eigenvalue weighted by molar-refractivity contribution is 0.415. The lowest BCUT2D eigenvalue weighted by Crippen LogP contribution is -2.37. The molecule has 0 aliphatic carbocycles. The highest BCUT2D eigenvalue weighted by molar-refractivity contribution is 5.99. The third-order valence-corrected chi connectivity index (χ3v) is 4.16. The summed E-state index contributed by atoms with van der Waals surface area (Å²) in [4.78, 5) is 29.0. The van der Waals surface area contributed by atoms with E-state index in [4.69, 9.17) is 10.5 Å². The van der Waals surface area contributed by atoms with Crippen LogP contribution in [0.3, 0.4) is 0 Å². The van der Waals surface area contributed by atoms with Crippen LogP contribution in [0.1, 0.15) is 5.56 Å². The van der Waals surface area contributed by atoms with Crippen LogP contribution in [0, 0.1) is 17.1 Å². The molecule has 0 fully saturated rings. The number of pyridine rings is 1. The molecule has 0 saturated heterocycles. The molecular weight excluding hydrogens is 341 g/mol. The zero-order valence-electron chi connectivity index (χ0n) is 14.2. The molecule has 8 nitrogen and oxygen atoms in total. The van der Waals surface area contributed by atoms with E-state index in [1.807, 2.05) is 6.07 Å². The number of ether oxygens (including phenoxy) is 1. The molecule has 3 rings (SSSR count). The maximum absolute atomic E-state index is 13.9. The maximum atomic E-state index is 13.9. The Kier molecular flexibility index (Phi) is 3.96. The average molecular weight is 355 g/mol.